The van der Waals surface area contributed by atoms with Crippen LogP contribution in [-0.4, -0.2) is 46.8 Å². The number of nitrogens with two attached hydrogens (primary N) is 1. The predicted molar refractivity (Wildman–Crippen MR) is 121 cm³/mol. The second kappa shape index (κ2) is 7.85. The average Bonchev–Trinajstić information content (AvgIpc) is 2.92. The monoisotopic (exact) mass is 440 g/mol. The Morgan fingerprint density at radius 2 is 2.10 bits per heavy atom. The first kappa shape index (κ1) is 20.4. The molecule has 0 amide bonds. The largest absolute Gasteiger partial charge is 0.382 e. The van der Waals surface area contributed by atoms with E-state index in [9.17, 15) is 4.21 Å². The van der Waals surface area contributed by atoms with Crippen molar-refractivity contribution in [1.29, 1.82) is 0 Å². The standard InChI is InChI=1S/C23H25FN4O2S/c1-15-6-7-17-21(22(15)24)18(26-12-23(25)13-30-14-23)10-20(27-17)28-8-9-31(29)19-5-3-2-4-16(19)11-28/h2-7,10H,8-9,11-14,25H2,1H3,(H,26,27). The Labute approximate surface area is 183 Å². The maximum absolute atomic E-state index is 15.1. The lowest BCUT2D eigenvalue weighted by Gasteiger charge is -2.38. The number of nitrogens with zero attached hydrogens (tertiary/aromatic N) is 2. The van der Waals surface area contributed by atoms with E-state index in [1.54, 1.807) is 13.0 Å². The summed E-state index contributed by atoms with van der Waals surface area (Å²) in [5, 5.41) is 3.81. The number of benzene rings is 2. The van der Waals surface area contributed by atoms with E-state index in [0.29, 0.717) is 60.8 Å². The summed E-state index contributed by atoms with van der Waals surface area (Å²) in [7, 11) is -1.05. The third kappa shape index (κ3) is 3.79. The Hall–Kier alpha value is -2.55. The molecule has 0 radical (unpaired) electrons. The average molecular weight is 441 g/mol. The molecule has 0 bridgehead atoms. The van der Waals surface area contributed by atoms with Gasteiger partial charge in [-0.15, -0.1) is 0 Å². The molecule has 0 aliphatic carbocycles. The van der Waals surface area contributed by atoms with E-state index in [2.05, 4.69) is 10.2 Å². The van der Waals surface area contributed by atoms with E-state index < -0.39 is 16.3 Å². The van der Waals surface area contributed by atoms with Crippen molar-refractivity contribution in [2.75, 3.05) is 42.3 Å². The van der Waals surface area contributed by atoms with Crippen LogP contribution >= 0.6 is 0 Å². The molecule has 2 aliphatic rings. The van der Waals surface area contributed by atoms with Gasteiger partial charge in [-0.3, -0.25) is 4.21 Å². The SMILES string of the molecule is Cc1ccc2nc(N3CCS(=O)c4ccccc4C3)cc(NCC3(N)COC3)c2c1F. The van der Waals surface area contributed by atoms with Crippen LogP contribution in [0.2, 0.25) is 0 Å². The van der Waals surface area contributed by atoms with Crippen molar-refractivity contribution in [3.05, 3.63) is 59.4 Å². The second-order valence-corrected chi connectivity index (χ2v) is 9.95. The van der Waals surface area contributed by atoms with E-state index in [1.165, 1.54) is 0 Å². The third-order valence-electron chi connectivity index (χ3n) is 5.95. The van der Waals surface area contributed by atoms with E-state index in [0.717, 1.165) is 16.3 Å². The van der Waals surface area contributed by atoms with Gasteiger partial charge in [0, 0.05) is 36.3 Å². The Balaban J connectivity index is 1.56. The lowest BCUT2D eigenvalue weighted by atomic mass is 9.99. The van der Waals surface area contributed by atoms with E-state index in [1.807, 2.05) is 36.4 Å². The predicted octanol–water partition coefficient (Wildman–Crippen LogP) is 2.95. The summed E-state index contributed by atoms with van der Waals surface area (Å²) in [5.41, 5.74) is 8.68. The molecule has 0 saturated carbocycles. The van der Waals surface area contributed by atoms with Crippen LogP contribution in [0.3, 0.4) is 0 Å². The van der Waals surface area contributed by atoms with Crippen molar-refractivity contribution in [3.63, 3.8) is 0 Å². The second-order valence-electron chi connectivity index (χ2n) is 8.41. The molecule has 6 nitrogen and oxygen atoms in total. The topological polar surface area (TPSA) is 80.5 Å². The number of pyridine rings is 1. The first-order valence-electron chi connectivity index (χ1n) is 10.4. The van der Waals surface area contributed by atoms with Crippen molar-refractivity contribution < 1.29 is 13.3 Å². The fraction of sp³-hybridized carbons (Fsp3) is 0.348. The van der Waals surface area contributed by atoms with Crippen LogP contribution in [0, 0.1) is 12.7 Å². The molecule has 1 aromatic heterocycles. The van der Waals surface area contributed by atoms with Gasteiger partial charge in [0.05, 0.1) is 46.1 Å². The number of aromatic nitrogens is 1. The molecule has 3 aromatic rings. The lowest BCUT2D eigenvalue weighted by Crippen LogP contribution is -2.61. The number of hydrogen-bond donors (Lipinski definition) is 2. The number of nitrogens with one attached hydrogen (secondary N) is 1. The molecule has 8 heteroatoms. The summed E-state index contributed by atoms with van der Waals surface area (Å²) in [6.07, 6.45) is 0. The van der Waals surface area contributed by atoms with Crippen molar-refractivity contribution in [2.24, 2.45) is 5.73 Å². The van der Waals surface area contributed by atoms with Crippen LogP contribution in [0.5, 0.6) is 0 Å². The van der Waals surface area contributed by atoms with Gasteiger partial charge in [0.1, 0.15) is 11.6 Å². The van der Waals surface area contributed by atoms with Crippen LogP contribution in [0.15, 0.2) is 47.4 Å². The number of hydrogen-bond acceptors (Lipinski definition) is 6. The zero-order valence-electron chi connectivity index (χ0n) is 17.4. The summed E-state index contributed by atoms with van der Waals surface area (Å²) in [4.78, 5) is 7.75. The molecule has 1 atom stereocenters. The van der Waals surface area contributed by atoms with Crippen LogP contribution in [0.4, 0.5) is 15.9 Å². The summed E-state index contributed by atoms with van der Waals surface area (Å²) >= 11 is 0. The van der Waals surface area contributed by atoms with Gasteiger partial charge in [0.15, 0.2) is 0 Å². The number of anilines is 2. The number of halogens is 1. The van der Waals surface area contributed by atoms with Gasteiger partial charge < -0.3 is 20.7 Å². The third-order valence-corrected chi connectivity index (χ3v) is 7.39. The van der Waals surface area contributed by atoms with E-state index >= 15 is 4.39 Å². The molecule has 1 fully saturated rings. The highest BCUT2D eigenvalue weighted by molar-refractivity contribution is 7.85. The lowest BCUT2D eigenvalue weighted by molar-refractivity contribution is -0.0461. The van der Waals surface area contributed by atoms with Crippen LogP contribution in [0.25, 0.3) is 10.9 Å². The molecule has 1 unspecified atom stereocenters. The minimum absolute atomic E-state index is 0.280. The number of fused-ring (bicyclic) bond motifs is 2. The molecule has 5 rings (SSSR count). The van der Waals surface area contributed by atoms with Crippen LogP contribution in [0.1, 0.15) is 11.1 Å². The van der Waals surface area contributed by atoms with Gasteiger partial charge in [-0.1, -0.05) is 24.3 Å². The van der Waals surface area contributed by atoms with Gasteiger partial charge in [-0.25, -0.2) is 9.37 Å². The van der Waals surface area contributed by atoms with Crippen molar-refractivity contribution >= 4 is 33.2 Å². The maximum Gasteiger partial charge on any atom is 0.137 e. The quantitative estimate of drug-likeness (QED) is 0.649. The highest BCUT2D eigenvalue weighted by Crippen LogP contribution is 2.33. The Morgan fingerprint density at radius 3 is 2.87 bits per heavy atom. The zero-order chi connectivity index (χ0) is 21.6. The van der Waals surface area contributed by atoms with Crippen molar-refractivity contribution in [1.82, 2.24) is 4.98 Å². The van der Waals surface area contributed by atoms with E-state index in [-0.39, 0.29) is 5.82 Å². The zero-order valence-corrected chi connectivity index (χ0v) is 18.2. The first-order valence-corrected chi connectivity index (χ1v) is 11.7. The normalized spacial score (nSPS) is 20.1. The van der Waals surface area contributed by atoms with Gasteiger partial charge in [0.25, 0.3) is 0 Å². The molecule has 2 aliphatic heterocycles. The molecule has 1 saturated heterocycles. The molecule has 31 heavy (non-hydrogen) atoms. The minimum atomic E-state index is -1.05. The van der Waals surface area contributed by atoms with Gasteiger partial charge in [-0.2, -0.15) is 0 Å². The number of rotatable bonds is 4. The fourth-order valence-corrected chi connectivity index (χ4v) is 5.32. The van der Waals surface area contributed by atoms with E-state index in [4.69, 9.17) is 15.5 Å². The Bertz CT molecular complexity index is 1180. The fourth-order valence-electron chi connectivity index (χ4n) is 4.06. The van der Waals surface area contributed by atoms with Crippen molar-refractivity contribution in [3.8, 4) is 0 Å². The molecule has 3 heterocycles. The molecule has 2 aromatic carbocycles. The summed E-state index contributed by atoms with van der Waals surface area (Å²) in [5.74, 6) is 0.963. The molecular formula is C23H25FN4O2S. The summed E-state index contributed by atoms with van der Waals surface area (Å²) < 4.78 is 33.0. The van der Waals surface area contributed by atoms with Gasteiger partial charge in [0.2, 0.25) is 0 Å². The molecule has 162 valence electrons. The highest BCUT2D eigenvalue weighted by atomic mass is 32.2. The maximum atomic E-state index is 15.1. The number of aryl methyl sites for hydroxylation is 1. The highest BCUT2D eigenvalue weighted by Gasteiger charge is 2.34. The minimum Gasteiger partial charge on any atom is -0.382 e. The van der Waals surface area contributed by atoms with Crippen LogP contribution in [-0.2, 0) is 22.1 Å². The molecule has 0 spiro atoms. The Kier molecular flexibility index (Phi) is 5.16. The Morgan fingerprint density at radius 1 is 1.29 bits per heavy atom. The number of ether oxygens (including phenoxy) is 1. The molecular weight excluding hydrogens is 415 g/mol. The van der Waals surface area contributed by atoms with Crippen molar-refractivity contribution in [2.45, 2.75) is 23.9 Å². The first-order chi connectivity index (χ1) is 14.9. The smallest absolute Gasteiger partial charge is 0.137 e. The van der Waals surface area contributed by atoms with Gasteiger partial charge >= 0.3 is 0 Å². The molecule has 3 N–H and O–H groups in total. The van der Waals surface area contributed by atoms with Crippen LogP contribution < -0.4 is 16.0 Å². The summed E-state index contributed by atoms with van der Waals surface area (Å²) in [6, 6.07) is 13.3. The summed E-state index contributed by atoms with van der Waals surface area (Å²) in [6.45, 7) is 4.38. The van der Waals surface area contributed by atoms with Gasteiger partial charge in [-0.05, 0) is 30.2 Å².